The van der Waals surface area contributed by atoms with E-state index in [9.17, 15) is 14.0 Å². The maximum Gasteiger partial charge on any atom is 0.260 e. The lowest BCUT2D eigenvalue weighted by Crippen LogP contribution is -2.34. The molecule has 0 radical (unpaired) electrons. The van der Waals surface area contributed by atoms with Crippen LogP contribution in [0, 0.1) is 5.82 Å². The Morgan fingerprint density at radius 2 is 1.80 bits per heavy atom. The van der Waals surface area contributed by atoms with Crippen LogP contribution >= 0.6 is 11.6 Å². The van der Waals surface area contributed by atoms with Crippen LogP contribution in [-0.2, 0) is 16.0 Å². The third-order valence-electron chi connectivity index (χ3n) is 4.54. The lowest BCUT2D eigenvalue weighted by atomic mass is 10.1. The Morgan fingerprint density at radius 3 is 2.40 bits per heavy atom. The molecule has 162 valence electrons. The van der Waals surface area contributed by atoms with Crippen LogP contribution in [-0.4, -0.2) is 43.5 Å². The first-order valence-electron chi connectivity index (χ1n) is 9.70. The molecule has 1 N–H and O–H groups in total. The van der Waals surface area contributed by atoms with Crippen LogP contribution in [0.15, 0.2) is 36.4 Å². The monoisotopic (exact) mass is 436 g/mol. The Morgan fingerprint density at radius 1 is 1.10 bits per heavy atom. The molecular weight excluding hydrogens is 411 g/mol. The number of nitrogens with zero attached hydrogens (tertiary/aromatic N) is 1. The van der Waals surface area contributed by atoms with Crippen molar-refractivity contribution in [2.75, 3.05) is 32.1 Å². The molecule has 8 heteroatoms. The summed E-state index contributed by atoms with van der Waals surface area (Å²) in [6, 6.07) is 9.42. The van der Waals surface area contributed by atoms with Gasteiger partial charge < -0.3 is 19.7 Å². The highest BCUT2D eigenvalue weighted by Crippen LogP contribution is 2.28. The molecule has 2 amide bonds. The van der Waals surface area contributed by atoms with Crippen molar-refractivity contribution in [3.63, 3.8) is 0 Å². The predicted octanol–water partition coefficient (Wildman–Crippen LogP) is 4.31. The summed E-state index contributed by atoms with van der Waals surface area (Å²) in [6.45, 7) is 4.92. The molecule has 0 aliphatic carbocycles. The zero-order valence-corrected chi connectivity index (χ0v) is 18.1. The third-order valence-corrected chi connectivity index (χ3v) is 4.84. The number of amides is 2. The molecule has 0 unspecified atom stereocenters. The quantitative estimate of drug-likeness (QED) is 0.602. The van der Waals surface area contributed by atoms with Crippen molar-refractivity contribution in [3.05, 3.63) is 52.8 Å². The van der Waals surface area contributed by atoms with Crippen LogP contribution in [0.2, 0.25) is 5.02 Å². The summed E-state index contributed by atoms with van der Waals surface area (Å²) in [6.07, 6.45) is 0.565. The van der Waals surface area contributed by atoms with Gasteiger partial charge in [0.25, 0.3) is 5.91 Å². The standard InChI is InChI=1S/C22H26ClFN2O4/c1-4-26(5-2)22(28)14-30-19-10-8-16(13-17(19)23)25-21(27)11-7-15-6-9-20(29-3)18(24)12-15/h6,8-10,12-13H,4-5,7,11,14H2,1-3H3,(H,25,27). The molecule has 0 saturated carbocycles. The number of nitrogens with one attached hydrogen (secondary N) is 1. The Bertz CT molecular complexity index is 887. The normalized spacial score (nSPS) is 10.4. The predicted molar refractivity (Wildman–Crippen MR) is 115 cm³/mol. The summed E-state index contributed by atoms with van der Waals surface area (Å²) >= 11 is 6.21. The van der Waals surface area contributed by atoms with Gasteiger partial charge in [-0.1, -0.05) is 17.7 Å². The summed E-state index contributed by atoms with van der Waals surface area (Å²) in [5.41, 5.74) is 1.21. The number of anilines is 1. The zero-order valence-electron chi connectivity index (χ0n) is 17.3. The van der Waals surface area contributed by atoms with E-state index in [-0.39, 0.29) is 35.6 Å². The molecule has 0 aliphatic heterocycles. The van der Waals surface area contributed by atoms with Crippen molar-refractivity contribution in [3.8, 4) is 11.5 Å². The van der Waals surface area contributed by atoms with E-state index in [0.29, 0.717) is 36.5 Å². The molecule has 2 rings (SSSR count). The number of methoxy groups -OCH3 is 1. The van der Waals surface area contributed by atoms with E-state index in [1.807, 2.05) is 13.8 Å². The first kappa shape index (κ1) is 23.5. The molecule has 30 heavy (non-hydrogen) atoms. The second-order valence-corrected chi connectivity index (χ2v) is 6.92. The van der Waals surface area contributed by atoms with Gasteiger partial charge in [-0.3, -0.25) is 9.59 Å². The molecule has 2 aromatic carbocycles. The van der Waals surface area contributed by atoms with Crippen LogP contribution < -0.4 is 14.8 Å². The van der Waals surface area contributed by atoms with Gasteiger partial charge >= 0.3 is 0 Å². The van der Waals surface area contributed by atoms with Gasteiger partial charge in [0.15, 0.2) is 18.2 Å². The van der Waals surface area contributed by atoms with Crippen molar-refractivity contribution in [1.82, 2.24) is 4.90 Å². The molecule has 0 saturated heterocycles. The number of benzene rings is 2. The lowest BCUT2D eigenvalue weighted by molar-refractivity contribution is -0.133. The van der Waals surface area contributed by atoms with Crippen LogP contribution in [0.4, 0.5) is 10.1 Å². The number of aryl methyl sites for hydroxylation is 1. The first-order chi connectivity index (χ1) is 14.4. The Labute approximate surface area is 180 Å². The highest BCUT2D eigenvalue weighted by Gasteiger charge is 2.12. The van der Waals surface area contributed by atoms with E-state index in [4.69, 9.17) is 21.1 Å². The largest absolute Gasteiger partial charge is 0.494 e. The minimum Gasteiger partial charge on any atom is -0.494 e. The number of halogens is 2. The van der Waals surface area contributed by atoms with Gasteiger partial charge in [-0.15, -0.1) is 0 Å². The number of hydrogen-bond donors (Lipinski definition) is 1. The van der Waals surface area contributed by atoms with Crippen molar-refractivity contribution in [2.45, 2.75) is 26.7 Å². The second-order valence-electron chi connectivity index (χ2n) is 6.52. The van der Waals surface area contributed by atoms with Crippen LogP contribution in [0.5, 0.6) is 11.5 Å². The molecule has 0 spiro atoms. The van der Waals surface area contributed by atoms with Gasteiger partial charge in [0.2, 0.25) is 5.91 Å². The van der Waals surface area contributed by atoms with E-state index in [0.717, 1.165) is 0 Å². The maximum atomic E-state index is 13.7. The minimum atomic E-state index is -0.461. The highest BCUT2D eigenvalue weighted by atomic mass is 35.5. The summed E-state index contributed by atoms with van der Waals surface area (Å²) in [5, 5.41) is 3.04. The van der Waals surface area contributed by atoms with Crippen LogP contribution in [0.3, 0.4) is 0 Å². The van der Waals surface area contributed by atoms with E-state index in [1.54, 1.807) is 29.2 Å². The summed E-state index contributed by atoms with van der Waals surface area (Å²) in [5.74, 6) is -0.281. The van der Waals surface area contributed by atoms with Gasteiger partial charge in [-0.25, -0.2) is 4.39 Å². The molecule has 2 aromatic rings. The number of ether oxygens (including phenoxy) is 2. The van der Waals surface area contributed by atoms with Crippen LogP contribution in [0.1, 0.15) is 25.8 Å². The number of hydrogen-bond acceptors (Lipinski definition) is 4. The van der Waals surface area contributed by atoms with Crippen LogP contribution in [0.25, 0.3) is 0 Å². The summed E-state index contributed by atoms with van der Waals surface area (Å²) < 4.78 is 24.1. The van der Waals surface area contributed by atoms with Gasteiger partial charge in [0, 0.05) is 25.2 Å². The van der Waals surface area contributed by atoms with E-state index >= 15 is 0 Å². The fourth-order valence-corrected chi connectivity index (χ4v) is 3.08. The lowest BCUT2D eigenvalue weighted by Gasteiger charge is -2.19. The highest BCUT2D eigenvalue weighted by molar-refractivity contribution is 6.32. The van der Waals surface area contributed by atoms with Gasteiger partial charge in [0.1, 0.15) is 5.75 Å². The average Bonchev–Trinajstić information content (AvgIpc) is 2.72. The molecule has 0 aliphatic rings. The summed E-state index contributed by atoms with van der Waals surface area (Å²) in [7, 11) is 1.40. The van der Waals surface area contributed by atoms with Gasteiger partial charge in [0.05, 0.1) is 12.1 Å². The SMILES string of the molecule is CCN(CC)C(=O)COc1ccc(NC(=O)CCc2ccc(OC)c(F)c2)cc1Cl. The minimum absolute atomic E-state index is 0.106. The number of rotatable bonds is 10. The molecule has 0 fully saturated rings. The van der Waals surface area contributed by atoms with Gasteiger partial charge in [-0.05, 0) is 56.2 Å². The van der Waals surface area contributed by atoms with Crippen molar-refractivity contribution >= 4 is 29.1 Å². The number of carbonyl (C=O) groups excluding carboxylic acids is 2. The molecular formula is C22H26ClFN2O4. The van der Waals surface area contributed by atoms with Crippen molar-refractivity contribution < 1.29 is 23.5 Å². The maximum absolute atomic E-state index is 13.7. The van der Waals surface area contributed by atoms with Crippen molar-refractivity contribution in [2.24, 2.45) is 0 Å². The first-order valence-corrected chi connectivity index (χ1v) is 10.1. The molecule has 0 heterocycles. The fourth-order valence-electron chi connectivity index (χ4n) is 2.85. The van der Waals surface area contributed by atoms with E-state index in [1.165, 1.54) is 19.2 Å². The topological polar surface area (TPSA) is 67.9 Å². The smallest absolute Gasteiger partial charge is 0.260 e. The van der Waals surface area contributed by atoms with Crippen molar-refractivity contribution in [1.29, 1.82) is 0 Å². The second kappa shape index (κ2) is 11.4. The van der Waals surface area contributed by atoms with Gasteiger partial charge in [-0.2, -0.15) is 0 Å². The average molecular weight is 437 g/mol. The third kappa shape index (κ3) is 6.62. The molecule has 0 aromatic heterocycles. The Balaban J connectivity index is 1.88. The molecule has 0 atom stereocenters. The van der Waals surface area contributed by atoms with E-state index in [2.05, 4.69) is 5.32 Å². The molecule has 6 nitrogen and oxygen atoms in total. The fraction of sp³-hybridized carbons (Fsp3) is 0.364. The Hall–Kier alpha value is -2.80. The Kier molecular flexibility index (Phi) is 8.92. The number of carbonyl (C=O) groups is 2. The number of likely N-dealkylation sites (N-methyl/N-ethyl adjacent to an activating group) is 1. The van der Waals surface area contributed by atoms with E-state index < -0.39 is 5.82 Å². The zero-order chi connectivity index (χ0) is 22.1. The summed E-state index contributed by atoms with van der Waals surface area (Å²) in [4.78, 5) is 25.9. The molecule has 0 bridgehead atoms.